The van der Waals surface area contributed by atoms with Crippen molar-refractivity contribution in [3.05, 3.63) is 271 Å². The molecule has 68 heavy (non-hydrogen) atoms. The summed E-state index contributed by atoms with van der Waals surface area (Å²) in [5, 5.41) is 5.10. The third-order valence-corrected chi connectivity index (χ3v) is 13.6. The van der Waals surface area contributed by atoms with Crippen LogP contribution in [0.15, 0.2) is 249 Å². The molecule has 0 spiro atoms. The summed E-state index contributed by atoms with van der Waals surface area (Å²) >= 11 is 0. The molecule has 0 atom stereocenters. The van der Waals surface area contributed by atoms with Gasteiger partial charge in [0.1, 0.15) is 0 Å². The fourth-order valence-corrected chi connectivity index (χ4v) is 10.3. The zero-order valence-corrected chi connectivity index (χ0v) is 39.6. The van der Waals surface area contributed by atoms with Gasteiger partial charge in [-0.05, 0) is 113 Å². The van der Waals surface area contributed by atoms with E-state index in [1.165, 1.54) is 111 Å². The smallest absolute Gasteiger partial charge is 0.0641 e. The maximum Gasteiger partial charge on any atom is 0.0641 e. The Bertz CT molecular complexity index is 3650. The monoisotopic (exact) mass is 876 g/mol. The van der Waals surface area contributed by atoms with Gasteiger partial charge in [0, 0.05) is 38.3 Å². The van der Waals surface area contributed by atoms with Crippen molar-refractivity contribution in [2.75, 3.05) is 0 Å². The van der Waals surface area contributed by atoms with Crippen LogP contribution in [-0.4, -0.2) is 9.13 Å². The Hall–Kier alpha value is -8.20. The number of hydrogen-bond acceptors (Lipinski definition) is 0. The number of rotatable bonds is 6. The predicted molar refractivity (Wildman–Crippen MR) is 293 cm³/mol. The molecule has 0 fully saturated rings. The molecule has 0 amide bonds. The van der Waals surface area contributed by atoms with Gasteiger partial charge in [-0.15, -0.1) is 0 Å². The Morgan fingerprint density at radius 2 is 0.985 bits per heavy atom. The quantitative estimate of drug-likeness (QED) is 0.158. The summed E-state index contributed by atoms with van der Waals surface area (Å²) in [6.45, 7) is 14.8. The second-order valence-corrected chi connectivity index (χ2v) is 18.2. The van der Waals surface area contributed by atoms with Crippen molar-refractivity contribution in [1.82, 2.24) is 9.13 Å². The molecule has 0 N–H and O–H groups in total. The molecule has 2 aromatic heterocycles. The number of fused-ring (bicyclic) bond motifs is 8. The minimum atomic E-state index is 0.0766. The van der Waals surface area contributed by atoms with Gasteiger partial charge in [-0.2, -0.15) is 0 Å². The van der Waals surface area contributed by atoms with Crippen LogP contribution in [0, 0.1) is 13.8 Å². The molecule has 2 heteroatoms. The topological polar surface area (TPSA) is 9.86 Å². The number of nitrogens with zero attached hydrogens (tertiary/aromatic N) is 2. The molecular formula is C66H56N2. The van der Waals surface area contributed by atoms with Gasteiger partial charge in [-0.1, -0.05) is 220 Å². The van der Waals surface area contributed by atoms with Gasteiger partial charge >= 0.3 is 0 Å². The Balaban J connectivity index is 0.000000152. The van der Waals surface area contributed by atoms with Crippen LogP contribution in [0.25, 0.3) is 82.8 Å². The third-order valence-electron chi connectivity index (χ3n) is 13.6. The molecule has 0 bridgehead atoms. The molecular weight excluding hydrogens is 821 g/mol. The number of para-hydroxylation sites is 3. The number of aromatic nitrogens is 2. The highest BCUT2D eigenvalue weighted by molar-refractivity contribution is 6.26. The van der Waals surface area contributed by atoms with Gasteiger partial charge in [0.15, 0.2) is 0 Å². The van der Waals surface area contributed by atoms with Gasteiger partial charge < -0.3 is 9.13 Å². The van der Waals surface area contributed by atoms with Crippen LogP contribution in [-0.2, 0) is 5.41 Å². The number of hydrogen-bond donors (Lipinski definition) is 0. The summed E-state index contributed by atoms with van der Waals surface area (Å²) in [5.74, 6) is 0. The minimum Gasteiger partial charge on any atom is -0.309 e. The number of benzene rings is 9. The van der Waals surface area contributed by atoms with Gasteiger partial charge in [0.25, 0.3) is 0 Å². The lowest BCUT2D eigenvalue weighted by molar-refractivity contribution is 0.654. The van der Waals surface area contributed by atoms with E-state index in [0.29, 0.717) is 0 Å². The van der Waals surface area contributed by atoms with Crippen molar-refractivity contribution in [2.45, 2.75) is 40.0 Å². The van der Waals surface area contributed by atoms with Crippen molar-refractivity contribution in [3.8, 4) is 33.6 Å². The zero-order valence-electron chi connectivity index (χ0n) is 39.6. The van der Waals surface area contributed by atoms with E-state index in [-0.39, 0.29) is 5.41 Å². The van der Waals surface area contributed by atoms with Crippen LogP contribution in [0.4, 0.5) is 0 Å². The van der Waals surface area contributed by atoms with E-state index < -0.39 is 0 Å². The molecule has 12 rings (SSSR count). The lowest BCUT2D eigenvalue weighted by Gasteiger charge is -2.22. The summed E-state index contributed by atoms with van der Waals surface area (Å²) in [5.41, 5.74) is 20.4. The summed E-state index contributed by atoms with van der Waals surface area (Å²) < 4.78 is 4.85. The van der Waals surface area contributed by atoms with Gasteiger partial charge in [-0.25, -0.2) is 0 Å². The summed E-state index contributed by atoms with van der Waals surface area (Å²) in [7, 11) is 0. The molecule has 2 heterocycles. The molecule has 2 nitrogen and oxygen atoms in total. The first-order valence-electron chi connectivity index (χ1n) is 23.7. The molecule has 11 aromatic rings. The van der Waals surface area contributed by atoms with E-state index in [1.807, 2.05) is 12.1 Å². The number of allylic oxidation sites excluding steroid dienone is 5. The molecule has 0 aliphatic heterocycles. The summed E-state index contributed by atoms with van der Waals surface area (Å²) in [6, 6.07) is 78.1. The first kappa shape index (κ1) is 43.7. The molecule has 0 radical (unpaired) electrons. The molecule has 0 unspecified atom stereocenters. The molecule has 0 saturated carbocycles. The average molecular weight is 877 g/mol. The fraction of sp³-hybridized carbons (Fsp3) is 0.0909. The Kier molecular flexibility index (Phi) is 11.9. The van der Waals surface area contributed by atoms with Crippen molar-refractivity contribution < 1.29 is 0 Å². The van der Waals surface area contributed by atoms with Crippen LogP contribution < -0.4 is 0 Å². The van der Waals surface area contributed by atoms with E-state index in [9.17, 15) is 0 Å². The molecule has 0 saturated heterocycles. The molecule has 1 aliphatic rings. The van der Waals surface area contributed by atoms with Crippen LogP contribution in [0.3, 0.4) is 0 Å². The second-order valence-electron chi connectivity index (χ2n) is 18.2. The highest BCUT2D eigenvalue weighted by Crippen LogP contribution is 2.47. The van der Waals surface area contributed by atoms with Crippen LogP contribution in [0.5, 0.6) is 0 Å². The van der Waals surface area contributed by atoms with Gasteiger partial charge in [-0.3, -0.25) is 0 Å². The van der Waals surface area contributed by atoms with Crippen molar-refractivity contribution in [1.29, 1.82) is 0 Å². The fourth-order valence-electron chi connectivity index (χ4n) is 10.3. The maximum atomic E-state index is 3.96. The van der Waals surface area contributed by atoms with Gasteiger partial charge in [0.05, 0.1) is 22.1 Å². The lowest BCUT2D eigenvalue weighted by atomic mass is 9.81. The predicted octanol–water partition coefficient (Wildman–Crippen LogP) is 18.0. The maximum absolute atomic E-state index is 3.96. The van der Waals surface area contributed by atoms with Crippen LogP contribution >= 0.6 is 0 Å². The first-order chi connectivity index (χ1) is 33.3. The zero-order chi connectivity index (χ0) is 46.8. The van der Waals surface area contributed by atoms with Crippen molar-refractivity contribution in [3.63, 3.8) is 0 Å². The summed E-state index contributed by atoms with van der Waals surface area (Å²) in [4.78, 5) is 0. The van der Waals surface area contributed by atoms with E-state index in [4.69, 9.17) is 0 Å². The number of aryl methyl sites for hydroxylation is 2. The standard InChI is InChI=1S/C37H26N2.C16H18.C13H12/c1-25-15-17-26(18-16-25)27-19-21-29(22-20-27)39-33-13-7-5-11-30(33)31-23-24-35-36(37(31)39)32-12-6-8-14-34(32)38(35)28-9-3-2-4-10-28;1-5-9-12-13-10-7-8-11-15(13)16(3,4)14(12)6-2;1-11-7-5-6-10-13(11)12-8-3-2-4-9-12/h2-24H,1H3;5-11H,2H2,1,3-4H3;2-10H,1H3/b;9-5-;. The lowest BCUT2D eigenvalue weighted by Crippen LogP contribution is -2.15. The Labute approximate surface area is 401 Å². The SMILES string of the molecule is C=CC1=C(/C=C\C)c2ccccc2C1(C)C.Cc1ccc(-c2ccc(-n3c4ccccc4c4ccc5c(c6ccccc6n5-c5ccccc5)c43)cc2)cc1.Cc1ccccc1-c1ccccc1. The first-order valence-corrected chi connectivity index (χ1v) is 23.7. The normalized spacial score (nSPS) is 12.8. The largest absolute Gasteiger partial charge is 0.309 e. The van der Waals surface area contributed by atoms with Crippen LogP contribution in [0.1, 0.15) is 43.0 Å². The Morgan fingerprint density at radius 1 is 0.441 bits per heavy atom. The van der Waals surface area contributed by atoms with Crippen molar-refractivity contribution in [2.24, 2.45) is 0 Å². The second kappa shape index (κ2) is 18.6. The van der Waals surface area contributed by atoms with E-state index in [0.717, 1.165) is 0 Å². The van der Waals surface area contributed by atoms with Crippen molar-refractivity contribution >= 4 is 49.2 Å². The molecule has 9 aromatic carbocycles. The van der Waals surface area contributed by atoms with E-state index in [2.05, 4.69) is 275 Å². The highest BCUT2D eigenvalue weighted by Gasteiger charge is 2.34. The summed E-state index contributed by atoms with van der Waals surface area (Å²) in [6.07, 6.45) is 6.27. The highest BCUT2D eigenvalue weighted by atomic mass is 15.0. The Morgan fingerprint density at radius 3 is 1.65 bits per heavy atom. The third kappa shape index (κ3) is 7.88. The average Bonchev–Trinajstić information content (AvgIpc) is 3.98. The van der Waals surface area contributed by atoms with Crippen LogP contribution in [0.2, 0.25) is 0 Å². The molecule has 1 aliphatic carbocycles. The van der Waals surface area contributed by atoms with E-state index in [1.54, 1.807) is 0 Å². The van der Waals surface area contributed by atoms with Gasteiger partial charge in [0.2, 0.25) is 0 Å². The minimum absolute atomic E-state index is 0.0766. The molecule has 330 valence electrons. The van der Waals surface area contributed by atoms with E-state index >= 15 is 0 Å².